The lowest BCUT2D eigenvalue weighted by Gasteiger charge is -2.23. The number of phenols is 1. The molecule has 2 heterocycles. The molecule has 7 nitrogen and oxygen atoms in total. The number of hydrogen-bond acceptors (Lipinski definition) is 7. The number of nitrogens with zero attached hydrogens (tertiary/aromatic N) is 5. The third-order valence-electron chi connectivity index (χ3n) is 5.12. The molecule has 1 aliphatic heterocycles. The Morgan fingerprint density at radius 2 is 1.90 bits per heavy atom. The Morgan fingerprint density at radius 3 is 2.62 bits per heavy atom. The lowest BCUT2D eigenvalue weighted by Crippen LogP contribution is -2.24. The highest BCUT2D eigenvalue weighted by Crippen LogP contribution is 2.46. The molecule has 0 atom stereocenters. The van der Waals surface area contributed by atoms with Gasteiger partial charge in [0, 0.05) is 29.9 Å². The molecule has 29 heavy (non-hydrogen) atoms. The van der Waals surface area contributed by atoms with Crippen LogP contribution < -0.4 is 4.90 Å². The Kier molecular flexibility index (Phi) is 4.87. The van der Waals surface area contributed by atoms with Gasteiger partial charge in [-0.25, -0.2) is 0 Å². The average Bonchev–Trinajstić information content (AvgIpc) is 3.25. The number of tetrazole rings is 1. The van der Waals surface area contributed by atoms with Gasteiger partial charge in [0.1, 0.15) is 5.75 Å². The first-order valence-corrected chi connectivity index (χ1v) is 10.2. The minimum atomic E-state index is -0.237. The van der Waals surface area contributed by atoms with E-state index in [1.54, 1.807) is 35.0 Å². The number of hydrogen-bond donors (Lipinski definition) is 1. The van der Waals surface area contributed by atoms with Gasteiger partial charge in [0.05, 0.1) is 11.4 Å². The molecule has 3 aromatic rings. The fourth-order valence-corrected chi connectivity index (χ4v) is 4.33. The zero-order valence-electron chi connectivity index (χ0n) is 16.4. The Morgan fingerprint density at radius 1 is 1.17 bits per heavy atom. The zero-order chi connectivity index (χ0) is 20.6. The topological polar surface area (TPSA) is 84.1 Å². The Labute approximate surface area is 173 Å². The number of phenolic OH excluding ortho intramolecular Hbond substituents is 1. The van der Waals surface area contributed by atoms with E-state index in [9.17, 15) is 9.90 Å². The molecular formula is C21H21N5O2S. The molecule has 2 aromatic carbocycles. The summed E-state index contributed by atoms with van der Waals surface area (Å²) in [5, 5.41) is 21.7. The quantitative estimate of drug-likeness (QED) is 0.513. The molecule has 1 N–H and O–H groups in total. The van der Waals surface area contributed by atoms with Crippen LogP contribution in [-0.2, 0) is 10.2 Å². The molecule has 0 saturated heterocycles. The molecule has 0 saturated carbocycles. The number of fused-ring (bicyclic) bond motifs is 1. The number of likely N-dealkylation sites (N-methyl/N-ethyl adjacent to an activating group) is 1. The number of thioether (sulfide) groups is 1. The molecule has 0 amide bonds. The number of benzene rings is 2. The molecule has 0 unspecified atom stereocenters. The van der Waals surface area contributed by atoms with Gasteiger partial charge in [-0.05, 0) is 46.3 Å². The Hall–Kier alpha value is -3.13. The summed E-state index contributed by atoms with van der Waals surface area (Å²) >= 11 is 1.28. The van der Waals surface area contributed by atoms with Crippen molar-refractivity contribution in [3.05, 3.63) is 65.9 Å². The van der Waals surface area contributed by atoms with E-state index in [4.69, 9.17) is 0 Å². The lowest BCUT2D eigenvalue weighted by atomic mass is 9.83. The number of anilines is 1. The van der Waals surface area contributed by atoms with Gasteiger partial charge >= 0.3 is 0 Å². The summed E-state index contributed by atoms with van der Waals surface area (Å²) in [6, 6.07) is 14.8. The summed E-state index contributed by atoms with van der Waals surface area (Å²) < 4.78 is 1.55. The second-order valence-electron chi connectivity index (χ2n) is 7.38. The minimum Gasteiger partial charge on any atom is -0.508 e. The van der Waals surface area contributed by atoms with Crippen LogP contribution in [0.4, 0.5) is 5.69 Å². The van der Waals surface area contributed by atoms with Gasteiger partial charge in [0.25, 0.3) is 0 Å². The second-order valence-corrected chi connectivity index (χ2v) is 8.32. The van der Waals surface area contributed by atoms with E-state index in [1.165, 1.54) is 17.3 Å². The van der Waals surface area contributed by atoms with Crippen LogP contribution in [0.25, 0.3) is 5.69 Å². The largest absolute Gasteiger partial charge is 0.508 e. The first kappa shape index (κ1) is 19.2. The maximum Gasteiger partial charge on any atom is 0.214 e. The predicted molar refractivity (Wildman–Crippen MR) is 113 cm³/mol. The third kappa shape index (κ3) is 3.51. The van der Waals surface area contributed by atoms with Gasteiger partial charge in [-0.2, -0.15) is 4.68 Å². The summed E-state index contributed by atoms with van der Waals surface area (Å²) in [4.78, 5) is 14.8. The van der Waals surface area contributed by atoms with E-state index >= 15 is 0 Å². The van der Waals surface area contributed by atoms with E-state index in [0.717, 1.165) is 11.4 Å². The number of carbonyl (C=O) groups is 1. The van der Waals surface area contributed by atoms with Crippen molar-refractivity contribution in [1.29, 1.82) is 0 Å². The van der Waals surface area contributed by atoms with Crippen molar-refractivity contribution in [2.75, 3.05) is 17.7 Å². The summed E-state index contributed by atoms with van der Waals surface area (Å²) in [6.45, 7) is 4.26. The average molecular weight is 407 g/mol. The Balaban J connectivity index is 1.51. The maximum absolute atomic E-state index is 12.7. The zero-order valence-corrected chi connectivity index (χ0v) is 17.2. The van der Waals surface area contributed by atoms with E-state index in [1.807, 2.05) is 19.2 Å². The third-order valence-corrected chi connectivity index (χ3v) is 6.06. The number of aromatic nitrogens is 4. The number of rotatable bonds is 5. The second kappa shape index (κ2) is 7.36. The number of carbonyl (C=O) groups excluding carboxylic acids is 1. The van der Waals surface area contributed by atoms with Crippen LogP contribution in [-0.4, -0.2) is 43.9 Å². The van der Waals surface area contributed by atoms with E-state index in [2.05, 4.69) is 46.4 Å². The van der Waals surface area contributed by atoms with Gasteiger partial charge in [-0.1, -0.05) is 43.8 Å². The summed E-state index contributed by atoms with van der Waals surface area (Å²) in [5.74, 6) is 0.391. The lowest BCUT2D eigenvalue weighted by molar-refractivity contribution is -0.112. The maximum atomic E-state index is 12.7. The SMILES string of the molecule is CN1/C(=C\C(=O)CSc2nnnn2-c2ccc(O)cc2)C(C)(C)c2ccccc21. The van der Waals surface area contributed by atoms with E-state index in [-0.39, 0.29) is 22.7 Å². The van der Waals surface area contributed by atoms with Crippen molar-refractivity contribution in [3.8, 4) is 11.4 Å². The molecule has 0 spiro atoms. The number of ketones is 1. The molecular weight excluding hydrogens is 386 g/mol. The Bertz CT molecular complexity index is 1090. The van der Waals surface area contributed by atoms with Crippen LogP contribution >= 0.6 is 11.8 Å². The molecule has 0 bridgehead atoms. The van der Waals surface area contributed by atoms with Crippen LogP contribution in [0.15, 0.2) is 65.5 Å². The molecule has 1 aromatic heterocycles. The number of aromatic hydroxyl groups is 1. The van der Waals surface area contributed by atoms with Gasteiger partial charge < -0.3 is 10.0 Å². The molecule has 0 aliphatic carbocycles. The van der Waals surface area contributed by atoms with Crippen LogP contribution in [0.5, 0.6) is 5.75 Å². The number of allylic oxidation sites excluding steroid dienone is 2. The van der Waals surface area contributed by atoms with Gasteiger partial charge in [0.15, 0.2) is 5.78 Å². The smallest absolute Gasteiger partial charge is 0.214 e. The van der Waals surface area contributed by atoms with Crippen molar-refractivity contribution in [1.82, 2.24) is 20.2 Å². The highest BCUT2D eigenvalue weighted by atomic mass is 32.2. The predicted octanol–water partition coefficient (Wildman–Crippen LogP) is 3.34. The summed E-state index contributed by atoms with van der Waals surface area (Å²) in [7, 11) is 1.99. The van der Waals surface area contributed by atoms with Gasteiger partial charge in [-0.3, -0.25) is 4.79 Å². The fourth-order valence-electron chi connectivity index (χ4n) is 3.61. The molecule has 0 fully saturated rings. The van der Waals surface area contributed by atoms with Crippen LogP contribution in [0, 0.1) is 0 Å². The van der Waals surface area contributed by atoms with E-state index < -0.39 is 0 Å². The van der Waals surface area contributed by atoms with Crippen molar-refractivity contribution < 1.29 is 9.90 Å². The molecule has 0 radical (unpaired) electrons. The van der Waals surface area contributed by atoms with Gasteiger partial charge in [-0.15, -0.1) is 5.10 Å². The van der Waals surface area contributed by atoms with Crippen LogP contribution in [0.3, 0.4) is 0 Å². The van der Waals surface area contributed by atoms with Crippen molar-refractivity contribution in [3.63, 3.8) is 0 Å². The van der Waals surface area contributed by atoms with Crippen LogP contribution in [0.2, 0.25) is 0 Å². The first-order valence-electron chi connectivity index (χ1n) is 9.17. The highest BCUT2D eigenvalue weighted by Gasteiger charge is 2.38. The standard InChI is InChI=1S/C21H21N5O2S/c1-21(2)17-6-4-5-7-18(17)25(3)19(21)12-16(28)13-29-20-22-23-24-26(20)14-8-10-15(27)11-9-14/h4-12,27H,13H2,1-3H3/b19-12-. The minimum absolute atomic E-state index is 0.00186. The first-order chi connectivity index (χ1) is 13.9. The van der Waals surface area contributed by atoms with Crippen LogP contribution in [0.1, 0.15) is 19.4 Å². The normalized spacial score (nSPS) is 16.2. The van der Waals surface area contributed by atoms with E-state index in [0.29, 0.717) is 10.8 Å². The highest BCUT2D eigenvalue weighted by molar-refractivity contribution is 7.99. The summed E-state index contributed by atoms with van der Waals surface area (Å²) in [5.41, 5.74) is 3.79. The molecule has 148 valence electrons. The van der Waals surface area contributed by atoms with Crippen molar-refractivity contribution >= 4 is 23.2 Å². The van der Waals surface area contributed by atoms with Crippen molar-refractivity contribution in [2.24, 2.45) is 0 Å². The molecule has 8 heteroatoms. The van der Waals surface area contributed by atoms with Gasteiger partial charge in [0.2, 0.25) is 5.16 Å². The summed E-state index contributed by atoms with van der Waals surface area (Å²) in [6.07, 6.45) is 1.72. The molecule has 1 aliphatic rings. The number of para-hydroxylation sites is 1. The van der Waals surface area contributed by atoms with Crippen molar-refractivity contribution in [2.45, 2.75) is 24.4 Å². The fraction of sp³-hybridized carbons (Fsp3) is 0.238. The molecule has 4 rings (SSSR count). The monoisotopic (exact) mass is 407 g/mol.